The van der Waals surface area contributed by atoms with Crippen molar-refractivity contribution in [3.8, 4) is 5.75 Å². The van der Waals surface area contributed by atoms with Gasteiger partial charge in [-0.2, -0.15) is 0 Å². The smallest absolute Gasteiger partial charge is 0.221 e. The van der Waals surface area contributed by atoms with Gasteiger partial charge in [0.25, 0.3) is 0 Å². The summed E-state index contributed by atoms with van der Waals surface area (Å²) >= 11 is 0. The third-order valence-electron chi connectivity index (χ3n) is 1.26. The van der Waals surface area contributed by atoms with E-state index in [0.29, 0.717) is 11.4 Å². The lowest BCUT2D eigenvalue weighted by atomic mass is 10.2. The predicted octanol–water partition coefficient (Wildman–Crippen LogP) is 1.35. The highest BCUT2D eigenvalue weighted by Crippen LogP contribution is 2.20. The van der Waals surface area contributed by atoms with Gasteiger partial charge in [-0.25, -0.2) is 0 Å². The Morgan fingerprint density at radius 2 is 2.08 bits per heavy atom. The maximum atomic E-state index is 10.6. The average molecular weight is 203 g/mol. The molecule has 0 saturated carbocycles. The van der Waals surface area contributed by atoms with Crippen LogP contribution >= 0.6 is 12.4 Å². The molecule has 4 nitrogen and oxygen atoms in total. The first-order valence-electron chi connectivity index (χ1n) is 3.45. The van der Waals surface area contributed by atoms with Crippen molar-refractivity contribution in [2.24, 2.45) is 0 Å². The molecule has 1 aromatic rings. The minimum absolute atomic E-state index is 0. The number of hydrogen-bond donors (Lipinski definition) is 3. The molecule has 0 spiro atoms. The fourth-order valence-corrected chi connectivity index (χ4v) is 0.910. The molecule has 13 heavy (non-hydrogen) atoms. The van der Waals surface area contributed by atoms with Gasteiger partial charge in [0.15, 0.2) is 0 Å². The number of nitrogens with one attached hydrogen (secondary N) is 1. The fraction of sp³-hybridized carbons (Fsp3) is 0.125. The molecular weight excluding hydrogens is 192 g/mol. The van der Waals surface area contributed by atoms with Crippen LogP contribution in [0.1, 0.15) is 6.92 Å². The molecule has 0 unspecified atom stereocenters. The number of halogens is 1. The number of carbonyl (C=O) groups is 1. The van der Waals surface area contributed by atoms with Gasteiger partial charge in [-0.3, -0.25) is 4.79 Å². The third-order valence-corrected chi connectivity index (χ3v) is 1.26. The standard InChI is InChI=1S/C8H10N2O2.ClH/c1-5(11)10-7-2-6(9)3-8(12)4-7;/h2-4,12H,9H2,1H3,(H,10,11);1H. The van der Waals surface area contributed by atoms with Crippen LogP contribution in [0.15, 0.2) is 18.2 Å². The van der Waals surface area contributed by atoms with Crippen LogP contribution < -0.4 is 11.1 Å². The number of hydrogen-bond acceptors (Lipinski definition) is 3. The molecule has 0 aliphatic carbocycles. The van der Waals surface area contributed by atoms with Gasteiger partial charge in [-0.15, -0.1) is 12.4 Å². The Hall–Kier alpha value is -1.42. The number of phenols is 1. The minimum Gasteiger partial charge on any atom is -0.508 e. The van der Waals surface area contributed by atoms with E-state index in [1.54, 1.807) is 6.07 Å². The number of nitrogen functional groups attached to an aromatic ring is 1. The zero-order chi connectivity index (χ0) is 9.14. The van der Waals surface area contributed by atoms with E-state index in [0.717, 1.165) is 0 Å². The Bertz CT molecular complexity index is 295. The summed E-state index contributed by atoms with van der Waals surface area (Å²) in [5.41, 5.74) is 6.34. The lowest BCUT2D eigenvalue weighted by Crippen LogP contribution is -2.05. The normalized spacial score (nSPS) is 8.69. The van der Waals surface area contributed by atoms with Gasteiger partial charge >= 0.3 is 0 Å². The largest absolute Gasteiger partial charge is 0.508 e. The first-order chi connectivity index (χ1) is 5.58. The van der Waals surface area contributed by atoms with E-state index >= 15 is 0 Å². The summed E-state index contributed by atoms with van der Waals surface area (Å²) in [6.45, 7) is 1.39. The highest BCUT2D eigenvalue weighted by Gasteiger charge is 1.98. The van der Waals surface area contributed by atoms with Gasteiger partial charge in [0.2, 0.25) is 5.91 Å². The van der Waals surface area contributed by atoms with E-state index in [9.17, 15) is 4.79 Å². The van der Waals surface area contributed by atoms with Crippen LogP contribution in [-0.4, -0.2) is 11.0 Å². The Labute approximate surface area is 82.2 Å². The second-order valence-corrected chi connectivity index (χ2v) is 2.49. The molecule has 0 heterocycles. The Morgan fingerprint density at radius 1 is 1.46 bits per heavy atom. The van der Waals surface area contributed by atoms with E-state index in [2.05, 4.69) is 5.32 Å². The topological polar surface area (TPSA) is 75.4 Å². The monoisotopic (exact) mass is 202 g/mol. The summed E-state index contributed by atoms with van der Waals surface area (Å²) in [4.78, 5) is 10.6. The number of carbonyl (C=O) groups excluding carboxylic acids is 1. The summed E-state index contributed by atoms with van der Waals surface area (Å²) in [5.74, 6) is -0.154. The van der Waals surface area contributed by atoms with Crippen LogP contribution in [0.3, 0.4) is 0 Å². The average Bonchev–Trinajstić information content (AvgIpc) is 1.81. The van der Waals surface area contributed by atoms with E-state index in [1.165, 1.54) is 19.1 Å². The molecule has 0 bridgehead atoms. The lowest BCUT2D eigenvalue weighted by Gasteiger charge is -2.03. The van der Waals surface area contributed by atoms with Crippen molar-refractivity contribution in [3.63, 3.8) is 0 Å². The first kappa shape index (κ1) is 11.6. The Morgan fingerprint density at radius 3 is 2.54 bits per heavy atom. The minimum atomic E-state index is -0.194. The molecular formula is C8H11ClN2O2. The molecule has 0 aromatic heterocycles. The SMILES string of the molecule is CC(=O)Nc1cc(N)cc(O)c1.Cl. The number of anilines is 2. The molecule has 0 aliphatic rings. The van der Waals surface area contributed by atoms with E-state index < -0.39 is 0 Å². The molecule has 0 saturated heterocycles. The summed E-state index contributed by atoms with van der Waals surface area (Å²) in [6, 6.07) is 4.41. The van der Waals surface area contributed by atoms with Crippen molar-refractivity contribution in [2.45, 2.75) is 6.92 Å². The summed E-state index contributed by atoms with van der Waals surface area (Å²) < 4.78 is 0. The van der Waals surface area contributed by atoms with Crippen molar-refractivity contribution >= 4 is 29.7 Å². The molecule has 5 heteroatoms. The van der Waals surface area contributed by atoms with Crippen molar-refractivity contribution < 1.29 is 9.90 Å². The Balaban J connectivity index is 0.00000144. The number of nitrogens with two attached hydrogens (primary N) is 1. The van der Waals surface area contributed by atoms with Crippen molar-refractivity contribution in [1.82, 2.24) is 0 Å². The molecule has 1 aromatic carbocycles. The molecule has 0 atom stereocenters. The van der Waals surface area contributed by atoms with Crippen LogP contribution in [0, 0.1) is 0 Å². The summed E-state index contributed by atoms with van der Waals surface area (Å²) in [6.07, 6.45) is 0. The highest BCUT2D eigenvalue weighted by atomic mass is 35.5. The quantitative estimate of drug-likeness (QED) is 0.602. The summed E-state index contributed by atoms with van der Waals surface area (Å²) in [5, 5.41) is 11.6. The van der Waals surface area contributed by atoms with Crippen molar-refractivity contribution in [3.05, 3.63) is 18.2 Å². The molecule has 0 aliphatic heterocycles. The van der Waals surface area contributed by atoms with Crippen molar-refractivity contribution in [1.29, 1.82) is 0 Å². The van der Waals surface area contributed by atoms with Gasteiger partial charge < -0.3 is 16.2 Å². The van der Waals surface area contributed by atoms with Crippen LogP contribution in [0.25, 0.3) is 0 Å². The van der Waals surface area contributed by atoms with Crippen LogP contribution in [-0.2, 0) is 4.79 Å². The molecule has 72 valence electrons. The number of benzene rings is 1. The van der Waals surface area contributed by atoms with Crippen LogP contribution in [0.4, 0.5) is 11.4 Å². The van der Waals surface area contributed by atoms with Crippen molar-refractivity contribution in [2.75, 3.05) is 11.1 Å². The third kappa shape index (κ3) is 3.66. The highest BCUT2D eigenvalue weighted by molar-refractivity contribution is 5.89. The van der Waals surface area contributed by atoms with E-state index in [1.807, 2.05) is 0 Å². The number of rotatable bonds is 1. The molecule has 0 fully saturated rings. The van der Waals surface area contributed by atoms with Gasteiger partial charge in [-0.1, -0.05) is 0 Å². The fourth-order valence-electron chi connectivity index (χ4n) is 0.910. The summed E-state index contributed by atoms with van der Waals surface area (Å²) in [7, 11) is 0. The molecule has 4 N–H and O–H groups in total. The van der Waals surface area contributed by atoms with Crippen LogP contribution in [0.2, 0.25) is 0 Å². The molecule has 1 rings (SSSR count). The number of amides is 1. The van der Waals surface area contributed by atoms with Gasteiger partial charge in [-0.05, 0) is 6.07 Å². The zero-order valence-corrected chi connectivity index (χ0v) is 7.89. The van der Waals surface area contributed by atoms with E-state index in [4.69, 9.17) is 10.8 Å². The van der Waals surface area contributed by atoms with Gasteiger partial charge in [0.1, 0.15) is 5.75 Å². The molecule has 1 amide bonds. The second-order valence-electron chi connectivity index (χ2n) is 2.49. The first-order valence-corrected chi connectivity index (χ1v) is 3.45. The van der Waals surface area contributed by atoms with Crippen LogP contribution in [0.5, 0.6) is 5.75 Å². The lowest BCUT2D eigenvalue weighted by molar-refractivity contribution is -0.114. The number of aromatic hydroxyl groups is 1. The maximum absolute atomic E-state index is 10.6. The molecule has 0 radical (unpaired) electrons. The second kappa shape index (κ2) is 4.57. The van der Waals surface area contributed by atoms with Gasteiger partial charge in [0, 0.05) is 30.4 Å². The van der Waals surface area contributed by atoms with E-state index in [-0.39, 0.29) is 24.1 Å². The number of phenolic OH excluding ortho intramolecular Hbond substituents is 1. The maximum Gasteiger partial charge on any atom is 0.221 e. The zero-order valence-electron chi connectivity index (χ0n) is 7.07. The van der Waals surface area contributed by atoms with Gasteiger partial charge in [0.05, 0.1) is 0 Å². The predicted molar refractivity (Wildman–Crippen MR) is 54.1 cm³/mol. The Kier molecular flexibility index (Phi) is 4.07.